The number of carbonyl (C=O) groups is 1. The lowest BCUT2D eigenvalue weighted by Crippen LogP contribution is -2.11. The Morgan fingerprint density at radius 3 is 2.92 bits per heavy atom. The van der Waals surface area contributed by atoms with E-state index in [-0.39, 0.29) is 5.91 Å². The summed E-state index contributed by atoms with van der Waals surface area (Å²) in [4.78, 5) is 10.9. The van der Waals surface area contributed by atoms with Crippen molar-refractivity contribution >= 4 is 45.8 Å². The van der Waals surface area contributed by atoms with Gasteiger partial charge in [-0.25, -0.2) is 0 Å². The van der Waals surface area contributed by atoms with Crippen LogP contribution in [0, 0.1) is 0 Å². The third-order valence-electron chi connectivity index (χ3n) is 1.23. The predicted octanol–water partition coefficient (Wildman–Crippen LogP) is 2.71. The molecule has 12 heavy (non-hydrogen) atoms. The van der Waals surface area contributed by atoms with E-state index in [9.17, 15) is 4.79 Å². The quantitative estimate of drug-likeness (QED) is 0.660. The van der Waals surface area contributed by atoms with Crippen LogP contribution in [0.15, 0.2) is 24.3 Å². The van der Waals surface area contributed by atoms with Gasteiger partial charge in [0.1, 0.15) is 0 Å². The van der Waals surface area contributed by atoms with Crippen molar-refractivity contribution in [1.29, 1.82) is 0 Å². The maximum absolute atomic E-state index is 10.9. The molecule has 1 aromatic rings. The molecule has 0 aromatic heterocycles. The minimum absolute atomic E-state index is 0.0159. The lowest BCUT2D eigenvalue weighted by Gasteiger charge is -2.01. The van der Waals surface area contributed by atoms with Crippen LogP contribution in [0.5, 0.6) is 0 Å². The molecular weight excluding hydrogens is 288 g/mol. The molecule has 0 heterocycles. The standard InChI is InChI=1S/C8H7ClINO/c9-6-2-1-3-7(4-6)11-8(12)5-10/h1-4H,5H2,(H,11,12). The zero-order chi connectivity index (χ0) is 8.97. The van der Waals surface area contributed by atoms with Gasteiger partial charge in [-0.2, -0.15) is 0 Å². The molecule has 0 unspecified atom stereocenters. The first-order valence-corrected chi connectivity index (χ1v) is 5.24. The Bertz CT molecular complexity index is 290. The minimum atomic E-state index is -0.0159. The number of amides is 1. The van der Waals surface area contributed by atoms with E-state index in [1.54, 1.807) is 24.3 Å². The first-order valence-electron chi connectivity index (χ1n) is 3.34. The average Bonchev–Trinajstić information content (AvgIpc) is 2.04. The van der Waals surface area contributed by atoms with E-state index < -0.39 is 0 Å². The highest BCUT2D eigenvalue weighted by Gasteiger charge is 1.98. The first-order chi connectivity index (χ1) is 5.72. The van der Waals surface area contributed by atoms with Crippen LogP contribution in [0.3, 0.4) is 0 Å². The van der Waals surface area contributed by atoms with Crippen molar-refractivity contribution in [2.75, 3.05) is 9.74 Å². The SMILES string of the molecule is O=C(CI)Nc1cccc(Cl)c1. The van der Waals surface area contributed by atoms with Crippen molar-refractivity contribution < 1.29 is 4.79 Å². The Morgan fingerprint density at radius 2 is 2.33 bits per heavy atom. The van der Waals surface area contributed by atoms with Gasteiger partial charge in [0, 0.05) is 10.7 Å². The molecule has 0 bridgehead atoms. The van der Waals surface area contributed by atoms with Crippen LogP contribution in [0.1, 0.15) is 0 Å². The third kappa shape index (κ3) is 2.98. The summed E-state index contributed by atoms with van der Waals surface area (Å²) in [7, 11) is 0. The van der Waals surface area contributed by atoms with Crippen molar-refractivity contribution in [3.05, 3.63) is 29.3 Å². The smallest absolute Gasteiger partial charge is 0.234 e. The summed E-state index contributed by atoms with van der Waals surface area (Å²) in [5.74, 6) is -0.0159. The number of alkyl halides is 1. The molecule has 64 valence electrons. The van der Waals surface area contributed by atoms with Crippen molar-refractivity contribution in [1.82, 2.24) is 0 Å². The zero-order valence-electron chi connectivity index (χ0n) is 6.18. The molecule has 0 spiro atoms. The van der Waals surface area contributed by atoms with Crippen molar-refractivity contribution in [3.63, 3.8) is 0 Å². The molecule has 2 nitrogen and oxygen atoms in total. The Balaban J connectivity index is 2.69. The molecule has 1 N–H and O–H groups in total. The van der Waals surface area contributed by atoms with Crippen molar-refractivity contribution in [3.8, 4) is 0 Å². The highest BCUT2D eigenvalue weighted by molar-refractivity contribution is 14.1. The summed E-state index contributed by atoms with van der Waals surface area (Å²) < 4.78 is 0.449. The molecule has 0 radical (unpaired) electrons. The summed E-state index contributed by atoms with van der Waals surface area (Å²) in [5.41, 5.74) is 0.740. The summed E-state index contributed by atoms with van der Waals surface area (Å²) in [6.45, 7) is 0. The first kappa shape index (κ1) is 9.80. The van der Waals surface area contributed by atoms with Gasteiger partial charge >= 0.3 is 0 Å². The van der Waals surface area contributed by atoms with Gasteiger partial charge in [-0.3, -0.25) is 4.79 Å². The van der Waals surface area contributed by atoms with Crippen molar-refractivity contribution in [2.24, 2.45) is 0 Å². The number of anilines is 1. The van der Waals surface area contributed by atoms with E-state index in [0.717, 1.165) is 5.69 Å². The molecule has 1 rings (SSSR count). The number of nitrogens with one attached hydrogen (secondary N) is 1. The Labute approximate surface area is 89.4 Å². The molecule has 0 saturated carbocycles. The van der Waals surface area contributed by atoms with Gasteiger partial charge in [-0.15, -0.1) is 0 Å². The van der Waals surface area contributed by atoms with E-state index in [2.05, 4.69) is 5.32 Å². The number of hydrogen-bond acceptors (Lipinski definition) is 1. The van der Waals surface area contributed by atoms with Gasteiger partial charge in [0.15, 0.2) is 0 Å². The minimum Gasteiger partial charge on any atom is -0.325 e. The Hall–Kier alpha value is -0.290. The Morgan fingerprint density at radius 1 is 1.58 bits per heavy atom. The molecular formula is C8H7ClINO. The summed E-state index contributed by atoms with van der Waals surface area (Å²) >= 11 is 7.72. The van der Waals surface area contributed by atoms with Crippen LogP contribution in [0.4, 0.5) is 5.69 Å². The molecule has 0 fully saturated rings. The van der Waals surface area contributed by atoms with Crippen LogP contribution < -0.4 is 5.32 Å². The van der Waals surface area contributed by atoms with E-state index in [0.29, 0.717) is 9.45 Å². The van der Waals surface area contributed by atoms with E-state index in [1.807, 2.05) is 22.6 Å². The largest absolute Gasteiger partial charge is 0.325 e. The molecule has 0 aliphatic carbocycles. The fourth-order valence-electron chi connectivity index (χ4n) is 0.761. The number of rotatable bonds is 2. The molecule has 0 atom stereocenters. The highest BCUT2D eigenvalue weighted by atomic mass is 127. The zero-order valence-corrected chi connectivity index (χ0v) is 9.09. The van der Waals surface area contributed by atoms with Gasteiger partial charge in [0.2, 0.25) is 5.91 Å². The van der Waals surface area contributed by atoms with E-state index in [4.69, 9.17) is 11.6 Å². The maximum atomic E-state index is 10.9. The second kappa shape index (κ2) is 4.67. The third-order valence-corrected chi connectivity index (χ3v) is 2.16. The molecule has 0 aliphatic rings. The molecule has 1 amide bonds. The highest BCUT2D eigenvalue weighted by Crippen LogP contribution is 2.14. The maximum Gasteiger partial charge on any atom is 0.234 e. The number of carbonyl (C=O) groups excluding carboxylic acids is 1. The van der Waals surface area contributed by atoms with Gasteiger partial charge in [-0.05, 0) is 18.2 Å². The van der Waals surface area contributed by atoms with Crippen molar-refractivity contribution in [2.45, 2.75) is 0 Å². The van der Waals surface area contributed by atoms with Crippen LogP contribution in [0.2, 0.25) is 5.02 Å². The normalized spacial score (nSPS) is 9.50. The average molecular weight is 296 g/mol. The fourth-order valence-corrected chi connectivity index (χ4v) is 1.14. The predicted molar refractivity (Wildman–Crippen MR) is 59.0 cm³/mol. The molecule has 0 aliphatic heterocycles. The second-order valence-electron chi connectivity index (χ2n) is 2.19. The number of benzene rings is 1. The number of halogens is 2. The lowest BCUT2D eigenvalue weighted by molar-refractivity contribution is -0.113. The Kier molecular flexibility index (Phi) is 3.81. The van der Waals surface area contributed by atoms with E-state index in [1.165, 1.54) is 0 Å². The van der Waals surface area contributed by atoms with Crippen LogP contribution in [-0.2, 0) is 4.79 Å². The van der Waals surface area contributed by atoms with Gasteiger partial charge in [0.25, 0.3) is 0 Å². The van der Waals surface area contributed by atoms with Crippen LogP contribution in [0.25, 0.3) is 0 Å². The summed E-state index contributed by atoms with van der Waals surface area (Å²) in [6, 6.07) is 7.08. The summed E-state index contributed by atoms with van der Waals surface area (Å²) in [5, 5.41) is 3.33. The van der Waals surface area contributed by atoms with Gasteiger partial charge in [0.05, 0.1) is 4.43 Å². The van der Waals surface area contributed by atoms with Crippen LogP contribution >= 0.6 is 34.2 Å². The topological polar surface area (TPSA) is 29.1 Å². The lowest BCUT2D eigenvalue weighted by atomic mass is 10.3. The molecule has 0 saturated heterocycles. The molecule has 4 heteroatoms. The second-order valence-corrected chi connectivity index (χ2v) is 3.39. The number of hydrogen-bond donors (Lipinski definition) is 1. The van der Waals surface area contributed by atoms with Crippen LogP contribution in [-0.4, -0.2) is 10.3 Å². The van der Waals surface area contributed by atoms with Gasteiger partial charge in [-0.1, -0.05) is 40.3 Å². The fraction of sp³-hybridized carbons (Fsp3) is 0.125. The summed E-state index contributed by atoms with van der Waals surface area (Å²) in [6.07, 6.45) is 0. The molecule has 1 aromatic carbocycles. The van der Waals surface area contributed by atoms with E-state index >= 15 is 0 Å². The monoisotopic (exact) mass is 295 g/mol. The van der Waals surface area contributed by atoms with Gasteiger partial charge < -0.3 is 5.32 Å².